The van der Waals surface area contributed by atoms with E-state index in [9.17, 15) is 14.4 Å². The maximum atomic E-state index is 11.7. The zero-order valence-corrected chi connectivity index (χ0v) is 12.4. The summed E-state index contributed by atoms with van der Waals surface area (Å²) in [5.74, 6) is -1.14. The van der Waals surface area contributed by atoms with E-state index in [2.05, 4.69) is 10.6 Å². The Hall–Kier alpha value is -2.37. The molecule has 0 aliphatic rings. The summed E-state index contributed by atoms with van der Waals surface area (Å²) in [7, 11) is 0. The average Bonchev–Trinajstić information content (AvgIpc) is 2.38. The predicted octanol–water partition coefficient (Wildman–Crippen LogP) is 1.72. The van der Waals surface area contributed by atoms with Crippen LogP contribution in [0.1, 0.15) is 37.6 Å². The molecule has 0 saturated heterocycles. The van der Waals surface area contributed by atoms with Crippen molar-refractivity contribution >= 4 is 23.5 Å². The van der Waals surface area contributed by atoms with E-state index in [1.54, 1.807) is 31.2 Å². The summed E-state index contributed by atoms with van der Waals surface area (Å²) >= 11 is 0. The van der Waals surface area contributed by atoms with Gasteiger partial charge in [0.25, 0.3) is 0 Å². The number of benzene rings is 1. The predicted molar refractivity (Wildman–Crippen MR) is 78.9 cm³/mol. The summed E-state index contributed by atoms with van der Waals surface area (Å²) in [4.78, 5) is 34.6. The molecular weight excluding hydrogens is 272 g/mol. The van der Waals surface area contributed by atoms with Gasteiger partial charge in [0.2, 0.25) is 11.8 Å². The molecule has 114 valence electrons. The highest BCUT2D eigenvalue weighted by Gasteiger charge is 2.11. The van der Waals surface area contributed by atoms with Crippen LogP contribution in [0.3, 0.4) is 0 Å². The quantitative estimate of drug-likeness (QED) is 0.617. The zero-order chi connectivity index (χ0) is 15.8. The van der Waals surface area contributed by atoms with Gasteiger partial charge < -0.3 is 15.4 Å². The Morgan fingerprint density at radius 3 is 2.24 bits per heavy atom. The van der Waals surface area contributed by atoms with Crippen LogP contribution in [-0.4, -0.2) is 30.4 Å². The second kappa shape index (κ2) is 8.04. The molecule has 0 aliphatic heterocycles. The molecule has 2 N–H and O–H groups in total. The molecule has 0 saturated carbocycles. The van der Waals surface area contributed by atoms with E-state index in [-0.39, 0.29) is 18.4 Å². The first-order chi connectivity index (χ1) is 9.92. The third-order valence-corrected chi connectivity index (χ3v) is 2.45. The Balaban J connectivity index is 2.53. The molecular formula is C15H20N2O4. The Kier molecular flexibility index (Phi) is 6.39. The SMILES string of the molecule is CCOC(=O)c1ccc(NC(=O)CC(=O)NC(C)C)cc1. The molecule has 1 aromatic carbocycles. The van der Waals surface area contributed by atoms with Gasteiger partial charge in [-0.25, -0.2) is 4.79 Å². The van der Waals surface area contributed by atoms with Gasteiger partial charge in [0.15, 0.2) is 0 Å². The molecule has 0 radical (unpaired) electrons. The van der Waals surface area contributed by atoms with Gasteiger partial charge in [-0.05, 0) is 45.0 Å². The van der Waals surface area contributed by atoms with E-state index in [4.69, 9.17) is 4.74 Å². The number of amides is 2. The first kappa shape index (κ1) is 16.7. The number of hydrogen-bond donors (Lipinski definition) is 2. The fourth-order valence-corrected chi connectivity index (χ4v) is 1.63. The van der Waals surface area contributed by atoms with E-state index in [1.165, 1.54) is 0 Å². The van der Waals surface area contributed by atoms with Gasteiger partial charge in [0.05, 0.1) is 12.2 Å². The van der Waals surface area contributed by atoms with Gasteiger partial charge in [-0.2, -0.15) is 0 Å². The smallest absolute Gasteiger partial charge is 0.338 e. The number of hydrogen-bond acceptors (Lipinski definition) is 4. The molecule has 0 spiro atoms. The van der Waals surface area contributed by atoms with Gasteiger partial charge in [0.1, 0.15) is 6.42 Å². The summed E-state index contributed by atoms with van der Waals surface area (Å²) in [5, 5.41) is 5.23. The van der Waals surface area contributed by atoms with Gasteiger partial charge in [-0.1, -0.05) is 0 Å². The van der Waals surface area contributed by atoms with Crippen molar-refractivity contribution in [1.82, 2.24) is 5.32 Å². The van der Waals surface area contributed by atoms with Crippen molar-refractivity contribution in [1.29, 1.82) is 0 Å². The third kappa shape index (κ3) is 6.07. The molecule has 0 unspecified atom stereocenters. The van der Waals surface area contributed by atoms with Gasteiger partial charge in [-0.15, -0.1) is 0 Å². The van der Waals surface area contributed by atoms with Gasteiger partial charge >= 0.3 is 5.97 Å². The van der Waals surface area contributed by atoms with Crippen LogP contribution >= 0.6 is 0 Å². The maximum Gasteiger partial charge on any atom is 0.338 e. The topological polar surface area (TPSA) is 84.5 Å². The second-order valence-electron chi connectivity index (χ2n) is 4.74. The van der Waals surface area contributed by atoms with Crippen molar-refractivity contribution in [2.24, 2.45) is 0 Å². The van der Waals surface area contributed by atoms with Crippen molar-refractivity contribution in [2.45, 2.75) is 33.2 Å². The zero-order valence-electron chi connectivity index (χ0n) is 12.4. The van der Waals surface area contributed by atoms with E-state index in [0.29, 0.717) is 17.9 Å². The number of rotatable bonds is 6. The third-order valence-electron chi connectivity index (χ3n) is 2.45. The average molecular weight is 292 g/mol. The minimum atomic E-state index is -0.410. The lowest BCUT2D eigenvalue weighted by Gasteiger charge is -2.09. The second-order valence-corrected chi connectivity index (χ2v) is 4.74. The van der Waals surface area contributed by atoms with E-state index >= 15 is 0 Å². The van der Waals surface area contributed by atoms with Crippen LogP contribution in [0.2, 0.25) is 0 Å². The minimum Gasteiger partial charge on any atom is -0.462 e. The highest BCUT2D eigenvalue weighted by atomic mass is 16.5. The van der Waals surface area contributed by atoms with Crippen molar-refractivity contribution in [3.63, 3.8) is 0 Å². The molecule has 1 aromatic rings. The first-order valence-electron chi connectivity index (χ1n) is 6.78. The maximum absolute atomic E-state index is 11.7. The monoisotopic (exact) mass is 292 g/mol. The van der Waals surface area contributed by atoms with Crippen molar-refractivity contribution in [2.75, 3.05) is 11.9 Å². The molecule has 0 atom stereocenters. The standard InChI is InChI=1S/C15H20N2O4/c1-4-21-15(20)11-5-7-12(8-6-11)17-14(19)9-13(18)16-10(2)3/h5-8,10H,4,9H2,1-3H3,(H,16,18)(H,17,19). The Bertz CT molecular complexity index is 509. The molecule has 0 heterocycles. The Morgan fingerprint density at radius 2 is 1.71 bits per heavy atom. The Labute approximate surface area is 123 Å². The lowest BCUT2D eigenvalue weighted by Crippen LogP contribution is -2.33. The summed E-state index contributed by atoms with van der Waals surface area (Å²) < 4.78 is 4.86. The van der Waals surface area contributed by atoms with Crippen LogP contribution in [0.25, 0.3) is 0 Å². The highest BCUT2D eigenvalue weighted by molar-refractivity contribution is 6.03. The molecule has 0 fully saturated rings. The number of carbonyl (C=O) groups is 3. The molecule has 21 heavy (non-hydrogen) atoms. The Morgan fingerprint density at radius 1 is 1.10 bits per heavy atom. The highest BCUT2D eigenvalue weighted by Crippen LogP contribution is 2.11. The molecule has 0 bridgehead atoms. The fourth-order valence-electron chi connectivity index (χ4n) is 1.63. The van der Waals surface area contributed by atoms with Crippen molar-refractivity contribution < 1.29 is 19.1 Å². The van der Waals surface area contributed by atoms with E-state index in [1.807, 2.05) is 13.8 Å². The summed E-state index contributed by atoms with van der Waals surface area (Å²) in [6.07, 6.45) is -0.238. The van der Waals surface area contributed by atoms with Gasteiger partial charge in [-0.3, -0.25) is 9.59 Å². The minimum absolute atomic E-state index is 0.00541. The first-order valence-corrected chi connectivity index (χ1v) is 6.78. The van der Waals surface area contributed by atoms with E-state index in [0.717, 1.165) is 0 Å². The van der Waals surface area contributed by atoms with Crippen LogP contribution in [0.15, 0.2) is 24.3 Å². The van der Waals surface area contributed by atoms with Crippen molar-refractivity contribution in [3.8, 4) is 0 Å². The van der Waals surface area contributed by atoms with Crippen LogP contribution < -0.4 is 10.6 Å². The number of esters is 1. The van der Waals surface area contributed by atoms with Crippen LogP contribution in [0.5, 0.6) is 0 Å². The summed E-state index contributed by atoms with van der Waals surface area (Å²) in [6, 6.07) is 6.28. The number of carbonyl (C=O) groups excluding carboxylic acids is 3. The number of nitrogens with one attached hydrogen (secondary N) is 2. The number of anilines is 1. The molecule has 6 nitrogen and oxygen atoms in total. The van der Waals surface area contributed by atoms with Crippen molar-refractivity contribution in [3.05, 3.63) is 29.8 Å². The summed E-state index contributed by atoms with van der Waals surface area (Å²) in [5.41, 5.74) is 0.929. The van der Waals surface area contributed by atoms with Crippen LogP contribution in [0.4, 0.5) is 5.69 Å². The van der Waals surface area contributed by atoms with Crippen LogP contribution in [-0.2, 0) is 14.3 Å². The lowest BCUT2D eigenvalue weighted by molar-refractivity contribution is -0.127. The molecule has 6 heteroatoms. The van der Waals surface area contributed by atoms with Gasteiger partial charge in [0, 0.05) is 11.7 Å². The van der Waals surface area contributed by atoms with Crippen LogP contribution in [0, 0.1) is 0 Å². The lowest BCUT2D eigenvalue weighted by atomic mass is 10.2. The number of ether oxygens (including phenoxy) is 1. The fraction of sp³-hybridized carbons (Fsp3) is 0.400. The molecule has 0 aliphatic carbocycles. The molecule has 2 amide bonds. The largest absolute Gasteiger partial charge is 0.462 e. The molecule has 0 aromatic heterocycles. The normalized spacial score (nSPS) is 10.1. The summed E-state index contributed by atoms with van der Waals surface area (Å²) in [6.45, 7) is 5.69. The van der Waals surface area contributed by atoms with E-state index < -0.39 is 11.9 Å². The molecule has 1 rings (SSSR count).